The van der Waals surface area contributed by atoms with Crippen molar-refractivity contribution in [2.24, 2.45) is 16.6 Å². The fourth-order valence-corrected chi connectivity index (χ4v) is 3.01. The minimum Gasteiger partial charge on any atom is -0.491 e. The van der Waals surface area contributed by atoms with Gasteiger partial charge in [0.1, 0.15) is 11.4 Å². The van der Waals surface area contributed by atoms with Crippen LogP contribution >= 0.6 is 0 Å². The second-order valence-electron chi connectivity index (χ2n) is 8.48. The Morgan fingerprint density at radius 2 is 2.00 bits per heavy atom. The lowest BCUT2D eigenvalue weighted by molar-refractivity contribution is 0.0171. The fraction of sp³-hybridized carbons (Fsp3) is 0.619. The molecule has 1 aliphatic heterocycles. The highest BCUT2D eigenvalue weighted by Crippen LogP contribution is 2.20. The van der Waals surface area contributed by atoms with E-state index in [1.165, 1.54) is 0 Å². The van der Waals surface area contributed by atoms with Gasteiger partial charge in [-0.2, -0.15) is 0 Å². The van der Waals surface area contributed by atoms with Crippen LogP contribution in [0.25, 0.3) is 0 Å². The van der Waals surface area contributed by atoms with Gasteiger partial charge in [0, 0.05) is 25.3 Å². The fourth-order valence-electron chi connectivity index (χ4n) is 3.01. The first-order valence-electron chi connectivity index (χ1n) is 9.94. The number of guanidine groups is 1. The average Bonchev–Trinajstić information content (AvgIpc) is 2.60. The number of piperidine rings is 1. The number of anilines is 1. The largest absolute Gasteiger partial charge is 0.491 e. The summed E-state index contributed by atoms with van der Waals surface area (Å²) in [5, 5.41) is 3.09. The molecule has 3 N–H and O–H groups in total. The monoisotopic (exact) mass is 390 g/mol. The Labute approximate surface area is 168 Å². The predicted molar refractivity (Wildman–Crippen MR) is 113 cm³/mol. The molecule has 1 unspecified atom stereocenters. The molecule has 0 aromatic heterocycles. The molecule has 1 aromatic rings. The van der Waals surface area contributed by atoms with Crippen LogP contribution in [0.15, 0.2) is 29.3 Å². The maximum Gasteiger partial charge on any atom is 0.410 e. The van der Waals surface area contributed by atoms with E-state index in [2.05, 4.69) is 10.3 Å². The maximum atomic E-state index is 12.3. The van der Waals surface area contributed by atoms with E-state index in [4.69, 9.17) is 15.2 Å². The molecule has 1 aliphatic rings. The van der Waals surface area contributed by atoms with Crippen LogP contribution in [0.1, 0.15) is 47.5 Å². The van der Waals surface area contributed by atoms with Gasteiger partial charge in [0.25, 0.3) is 0 Å². The third kappa shape index (κ3) is 7.66. The summed E-state index contributed by atoms with van der Waals surface area (Å²) in [4.78, 5) is 18.5. The number of nitrogens with zero attached hydrogens (tertiary/aromatic N) is 2. The van der Waals surface area contributed by atoms with Crippen molar-refractivity contribution in [2.45, 2.75) is 59.2 Å². The summed E-state index contributed by atoms with van der Waals surface area (Å²) < 4.78 is 11.1. The molecule has 1 atom stereocenters. The van der Waals surface area contributed by atoms with Crippen molar-refractivity contribution >= 4 is 17.7 Å². The van der Waals surface area contributed by atoms with Gasteiger partial charge in [-0.1, -0.05) is 0 Å². The lowest BCUT2D eigenvalue weighted by atomic mass is 9.98. The number of rotatable bonds is 5. The standard InChI is InChI=1S/C21H34N4O3/c1-15(2)27-18-10-8-17(9-11-18)24-19(22)23-13-16-7-6-12-25(14-16)20(26)28-21(3,4)5/h8-11,15-16H,6-7,12-14H2,1-5H3,(H3,22,23,24). The van der Waals surface area contributed by atoms with Crippen LogP contribution in [-0.2, 0) is 4.74 Å². The molecule has 7 nitrogen and oxygen atoms in total. The highest BCUT2D eigenvalue weighted by atomic mass is 16.6. The van der Waals surface area contributed by atoms with Gasteiger partial charge in [-0.15, -0.1) is 0 Å². The molecule has 156 valence electrons. The molecular weight excluding hydrogens is 356 g/mol. The molecule has 0 bridgehead atoms. The van der Waals surface area contributed by atoms with Crippen molar-refractivity contribution in [3.8, 4) is 5.75 Å². The van der Waals surface area contributed by atoms with Gasteiger partial charge in [0.2, 0.25) is 0 Å². The van der Waals surface area contributed by atoms with Gasteiger partial charge >= 0.3 is 6.09 Å². The summed E-state index contributed by atoms with van der Waals surface area (Å²) in [6, 6.07) is 7.61. The Balaban J connectivity index is 1.84. The molecule has 1 aromatic carbocycles. The van der Waals surface area contributed by atoms with Crippen LogP contribution in [0.3, 0.4) is 0 Å². The number of hydrogen-bond acceptors (Lipinski definition) is 4. The highest BCUT2D eigenvalue weighted by Gasteiger charge is 2.27. The van der Waals surface area contributed by atoms with Crippen LogP contribution in [-0.4, -0.2) is 48.3 Å². The molecule has 1 fully saturated rings. The van der Waals surface area contributed by atoms with Crippen molar-refractivity contribution in [3.63, 3.8) is 0 Å². The van der Waals surface area contributed by atoms with Gasteiger partial charge in [-0.3, -0.25) is 4.99 Å². The minimum atomic E-state index is -0.480. The summed E-state index contributed by atoms with van der Waals surface area (Å²) in [6.45, 7) is 11.6. The smallest absolute Gasteiger partial charge is 0.410 e. The van der Waals surface area contributed by atoms with Crippen molar-refractivity contribution < 1.29 is 14.3 Å². The van der Waals surface area contributed by atoms with Gasteiger partial charge in [-0.25, -0.2) is 4.79 Å². The van der Waals surface area contributed by atoms with E-state index >= 15 is 0 Å². The summed E-state index contributed by atoms with van der Waals surface area (Å²) in [6.07, 6.45) is 1.86. The van der Waals surface area contributed by atoms with Gasteiger partial charge in [0.05, 0.1) is 6.10 Å². The summed E-state index contributed by atoms with van der Waals surface area (Å²) >= 11 is 0. The van der Waals surface area contributed by atoms with E-state index in [0.29, 0.717) is 19.0 Å². The molecule has 0 saturated carbocycles. The average molecular weight is 391 g/mol. The second-order valence-corrected chi connectivity index (χ2v) is 8.48. The van der Waals surface area contributed by atoms with E-state index in [1.54, 1.807) is 4.90 Å². The third-order valence-corrected chi connectivity index (χ3v) is 4.19. The minimum absolute atomic E-state index is 0.140. The van der Waals surface area contributed by atoms with Crippen molar-refractivity contribution in [3.05, 3.63) is 24.3 Å². The first kappa shape index (κ1) is 21.9. The highest BCUT2D eigenvalue weighted by molar-refractivity contribution is 5.92. The number of carbonyl (C=O) groups is 1. The molecular formula is C21H34N4O3. The van der Waals surface area contributed by atoms with Crippen molar-refractivity contribution in [1.82, 2.24) is 4.90 Å². The van der Waals surface area contributed by atoms with Crippen LogP contribution in [0.2, 0.25) is 0 Å². The Morgan fingerprint density at radius 3 is 2.61 bits per heavy atom. The number of aliphatic imine (C=N–C) groups is 1. The summed E-state index contributed by atoms with van der Waals surface area (Å²) in [7, 11) is 0. The van der Waals surface area contributed by atoms with E-state index in [1.807, 2.05) is 58.9 Å². The molecule has 1 amide bonds. The van der Waals surface area contributed by atoms with Crippen molar-refractivity contribution in [1.29, 1.82) is 0 Å². The van der Waals surface area contributed by atoms with Gasteiger partial charge < -0.3 is 25.4 Å². The van der Waals surface area contributed by atoms with E-state index in [0.717, 1.165) is 30.8 Å². The van der Waals surface area contributed by atoms with Gasteiger partial charge in [0.15, 0.2) is 5.96 Å². The van der Waals surface area contributed by atoms with Crippen LogP contribution in [0, 0.1) is 5.92 Å². The molecule has 2 rings (SSSR count). The number of nitrogens with two attached hydrogens (primary N) is 1. The number of hydrogen-bond donors (Lipinski definition) is 2. The van der Waals surface area contributed by atoms with E-state index < -0.39 is 5.60 Å². The molecule has 0 radical (unpaired) electrons. The quantitative estimate of drug-likeness (QED) is 0.589. The first-order valence-corrected chi connectivity index (χ1v) is 9.94. The second kappa shape index (κ2) is 9.66. The molecule has 7 heteroatoms. The molecule has 28 heavy (non-hydrogen) atoms. The number of amides is 1. The topological polar surface area (TPSA) is 89.2 Å². The Bertz CT molecular complexity index is 665. The maximum absolute atomic E-state index is 12.3. The molecule has 1 saturated heterocycles. The lowest BCUT2D eigenvalue weighted by Gasteiger charge is -2.33. The van der Waals surface area contributed by atoms with Crippen LogP contribution in [0.4, 0.5) is 10.5 Å². The van der Waals surface area contributed by atoms with E-state index in [-0.39, 0.29) is 18.1 Å². The molecule has 0 aliphatic carbocycles. The molecule has 1 heterocycles. The Morgan fingerprint density at radius 1 is 1.32 bits per heavy atom. The zero-order valence-corrected chi connectivity index (χ0v) is 17.7. The van der Waals surface area contributed by atoms with Crippen LogP contribution < -0.4 is 15.8 Å². The summed E-state index contributed by atoms with van der Waals surface area (Å²) in [5.74, 6) is 1.47. The number of carbonyl (C=O) groups excluding carboxylic acids is 1. The number of nitrogens with one attached hydrogen (secondary N) is 1. The zero-order valence-electron chi connectivity index (χ0n) is 17.7. The van der Waals surface area contributed by atoms with E-state index in [9.17, 15) is 4.79 Å². The first-order chi connectivity index (χ1) is 13.1. The number of benzene rings is 1. The Kier molecular flexibility index (Phi) is 7.54. The number of ether oxygens (including phenoxy) is 2. The normalized spacial score (nSPS) is 18.1. The third-order valence-electron chi connectivity index (χ3n) is 4.19. The number of likely N-dealkylation sites (tertiary alicyclic amines) is 1. The molecule has 0 spiro atoms. The summed E-state index contributed by atoms with van der Waals surface area (Å²) in [5.41, 5.74) is 6.40. The lowest BCUT2D eigenvalue weighted by Crippen LogP contribution is -2.43. The van der Waals surface area contributed by atoms with Crippen LogP contribution in [0.5, 0.6) is 5.75 Å². The predicted octanol–water partition coefficient (Wildman–Crippen LogP) is 3.85. The van der Waals surface area contributed by atoms with Gasteiger partial charge in [-0.05, 0) is 77.6 Å². The Hall–Kier alpha value is -2.44. The van der Waals surface area contributed by atoms with Crippen molar-refractivity contribution in [2.75, 3.05) is 25.0 Å². The SMILES string of the molecule is CC(C)Oc1ccc(NC(N)=NCC2CCCN(C(=O)OC(C)(C)C)C2)cc1. The zero-order chi connectivity index (χ0) is 20.7.